The van der Waals surface area contributed by atoms with Gasteiger partial charge >= 0.3 is 6.18 Å². The van der Waals surface area contributed by atoms with E-state index < -0.39 is 23.5 Å². The van der Waals surface area contributed by atoms with Gasteiger partial charge in [-0.3, -0.25) is 4.79 Å². The zero-order valence-corrected chi connectivity index (χ0v) is 12.1. The maximum Gasteiger partial charge on any atom is 0.416 e. The van der Waals surface area contributed by atoms with Crippen molar-refractivity contribution >= 4 is 5.91 Å². The number of halogens is 4. The molecule has 0 aromatic heterocycles. The van der Waals surface area contributed by atoms with Gasteiger partial charge in [-0.05, 0) is 56.0 Å². The van der Waals surface area contributed by atoms with Crippen LogP contribution in [0.3, 0.4) is 0 Å². The van der Waals surface area contributed by atoms with Crippen LogP contribution in [-0.2, 0) is 0 Å². The Morgan fingerprint density at radius 1 is 1.18 bits per heavy atom. The van der Waals surface area contributed by atoms with Crippen molar-refractivity contribution in [1.29, 1.82) is 0 Å². The molecule has 1 aromatic rings. The highest BCUT2D eigenvalue weighted by Gasteiger charge is 2.33. The molecular formula is C16H15F4NO. The molecule has 0 aliphatic heterocycles. The SMILES string of the molecule is Cc1cc(F)c(C(=O)NC2=CC(C(F)(F)F)=CCC2)cc1C. The fourth-order valence-corrected chi connectivity index (χ4v) is 2.17. The molecule has 6 heteroatoms. The number of hydrogen-bond acceptors (Lipinski definition) is 1. The smallest absolute Gasteiger partial charge is 0.326 e. The van der Waals surface area contributed by atoms with Crippen molar-refractivity contribution in [3.8, 4) is 0 Å². The summed E-state index contributed by atoms with van der Waals surface area (Å²) in [6.45, 7) is 3.44. The fourth-order valence-electron chi connectivity index (χ4n) is 2.17. The normalized spacial score (nSPS) is 15.2. The van der Waals surface area contributed by atoms with Crippen molar-refractivity contribution in [3.05, 3.63) is 58.1 Å². The zero-order valence-electron chi connectivity index (χ0n) is 12.1. The molecule has 1 amide bonds. The van der Waals surface area contributed by atoms with E-state index in [4.69, 9.17) is 0 Å². The molecule has 0 fully saturated rings. The minimum Gasteiger partial charge on any atom is -0.326 e. The highest BCUT2D eigenvalue weighted by atomic mass is 19.4. The van der Waals surface area contributed by atoms with Gasteiger partial charge < -0.3 is 5.32 Å². The molecule has 0 spiro atoms. The summed E-state index contributed by atoms with van der Waals surface area (Å²) < 4.78 is 51.8. The van der Waals surface area contributed by atoms with Gasteiger partial charge in [-0.2, -0.15) is 13.2 Å². The quantitative estimate of drug-likeness (QED) is 0.809. The molecule has 22 heavy (non-hydrogen) atoms. The molecule has 1 aliphatic carbocycles. The highest BCUT2D eigenvalue weighted by Crippen LogP contribution is 2.31. The van der Waals surface area contributed by atoms with Gasteiger partial charge in [-0.1, -0.05) is 6.08 Å². The van der Waals surface area contributed by atoms with Crippen molar-refractivity contribution in [2.24, 2.45) is 0 Å². The van der Waals surface area contributed by atoms with Gasteiger partial charge in [-0.15, -0.1) is 0 Å². The second-order valence-corrected chi connectivity index (χ2v) is 5.24. The van der Waals surface area contributed by atoms with Crippen LogP contribution in [0.1, 0.15) is 34.3 Å². The van der Waals surface area contributed by atoms with Crippen LogP contribution in [0.2, 0.25) is 0 Å². The molecule has 1 aliphatic rings. The Labute approximate surface area is 125 Å². The standard InChI is InChI=1S/C16H15F4NO/c1-9-6-13(14(17)7-10(9)2)15(22)21-12-5-3-4-11(8-12)16(18,19)20/h4,6-8H,3,5H2,1-2H3,(H,21,22). The Bertz CT molecular complexity index is 671. The first-order valence-electron chi connectivity index (χ1n) is 6.74. The number of benzene rings is 1. The average Bonchev–Trinajstić information content (AvgIpc) is 2.42. The summed E-state index contributed by atoms with van der Waals surface area (Å²) >= 11 is 0. The van der Waals surface area contributed by atoms with E-state index in [1.54, 1.807) is 13.8 Å². The van der Waals surface area contributed by atoms with Gasteiger partial charge in [0.1, 0.15) is 5.82 Å². The number of rotatable bonds is 2. The maximum absolute atomic E-state index is 13.8. The van der Waals surface area contributed by atoms with Crippen LogP contribution in [0.4, 0.5) is 17.6 Å². The van der Waals surface area contributed by atoms with Crippen LogP contribution < -0.4 is 5.32 Å². The summed E-state index contributed by atoms with van der Waals surface area (Å²) in [6.07, 6.45) is -2.04. The first kappa shape index (κ1) is 16.3. The predicted octanol–water partition coefficient (Wildman–Crippen LogP) is 4.34. The summed E-state index contributed by atoms with van der Waals surface area (Å²) in [7, 11) is 0. The number of allylic oxidation sites excluding steroid dienone is 4. The van der Waals surface area contributed by atoms with E-state index in [9.17, 15) is 22.4 Å². The van der Waals surface area contributed by atoms with Crippen molar-refractivity contribution in [2.75, 3.05) is 0 Å². The van der Waals surface area contributed by atoms with Crippen LogP contribution in [0.5, 0.6) is 0 Å². The number of aryl methyl sites for hydroxylation is 2. The molecule has 0 saturated heterocycles. The minimum absolute atomic E-state index is 0.137. The predicted molar refractivity (Wildman–Crippen MR) is 74.8 cm³/mol. The van der Waals surface area contributed by atoms with Gasteiger partial charge in [0.15, 0.2) is 0 Å². The topological polar surface area (TPSA) is 29.1 Å². The van der Waals surface area contributed by atoms with Crippen molar-refractivity contribution in [3.63, 3.8) is 0 Å². The Morgan fingerprint density at radius 2 is 1.82 bits per heavy atom. The molecular weight excluding hydrogens is 298 g/mol. The Balaban J connectivity index is 2.21. The first-order chi connectivity index (χ1) is 10.2. The Morgan fingerprint density at radius 3 is 2.45 bits per heavy atom. The van der Waals surface area contributed by atoms with Crippen molar-refractivity contribution in [1.82, 2.24) is 5.32 Å². The van der Waals surface area contributed by atoms with Crippen LogP contribution >= 0.6 is 0 Å². The van der Waals surface area contributed by atoms with Crippen LogP contribution in [0, 0.1) is 19.7 Å². The van der Waals surface area contributed by atoms with Crippen molar-refractivity contribution in [2.45, 2.75) is 32.9 Å². The number of nitrogens with one attached hydrogen (secondary N) is 1. The van der Waals surface area contributed by atoms with Crippen LogP contribution in [-0.4, -0.2) is 12.1 Å². The number of amides is 1. The third kappa shape index (κ3) is 3.55. The lowest BCUT2D eigenvalue weighted by Gasteiger charge is -2.17. The molecule has 1 aromatic carbocycles. The molecule has 0 saturated carbocycles. The molecule has 2 rings (SSSR count). The number of alkyl halides is 3. The van der Waals surface area contributed by atoms with E-state index in [0.717, 1.165) is 17.7 Å². The van der Waals surface area contributed by atoms with E-state index in [1.165, 1.54) is 12.1 Å². The number of carbonyl (C=O) groups is 1. The molecule has 118 valence electrons. The van der Waals surface area contributed by atoms with E-state index in [2.05, 4.69) is 5.32 Å². The van der Waals surface area contributed by atoms with Gasteiger partial charge in [-0.25, -0.2) is 4.39 Å². The lowest BCUT2D eigenvalue weighted by Crippen LogP contribution is -2.26. The number of carbonyl (C=O) groups excluding carboxylic acids is 1. The number of hydrogen-bond donors (Lipinski definition) is 1. The van der Waals surface area contributed by atoms with Crippen LogP contribution in [0.25, 0.3) is 0 Å². The van der Waals surface area contributed by atoms with Gasteiger partial charge in [0.25, 0.3) is 5.91 Å². The molecule has 0 bridgehead atoms. The summed E-state index contributed by atoms with van der Waals surface area (Å²) in [5.74, 6) is -1.43. The average molecular weight is 313 g/mol. The lowest BCUT2D eigenvalue weighted by atomic mass is 10.0. The monoisotopic (exact) mass is 313 g/mol. The van der Waals surface area contributed by atoms with E-state index in [0.29, 0.717) is 5.56 Å². The van der Waals surface area contributed by atoms with Gasteiger partial charge in [0.05, 0.1) is 11.1 Å². The third-order valence-electron chi connectivity index (χ3n) is 3.54. The second-order valence-electron chi connectivity index (χ2n) is 5.24. The van der Waals surface area contributed by atoms with E-state index in [1.807, 2.05) is 0 Å². The molecule has 1 N–H and O–H groups in total. The third-order valence-corrected chi connectivity index (χ3v) is 3.54. The molecule has 0 heterocycles. The highest BCUT2D eigenvalue weighted by molar-refractivity contribution is 5.95. The Kier molecular flexibility index (Phi) is 4.39. The van der Waals surface area contributed by atoms with E-state index >= 15 is 0 Å². The maximum atomic E-state index is 13.8. The first-order valence-corrected chi connectivity index (χ1v) is 6.74. The summed E-state index contributed by atoms with van der Waals surface area (Å²) in [6, 6.07) is 2.63. The van der Waals surface area contributed by atoms with Crippen molar-refractivity contribution < 1.29 is 22.4 Å². The van der Waals surface area contributed by atoms with Crippen LogP contribution in [0.15, 0.2) is 35.6 Å². The van der Waals surface area contributed by atoms with Gasteiger partial charge in [0.2, 0.25) is 0 Å². The molecule has 0 radical (unpaired) electrons. The van der Waals surface area contributed by atoms with E-state index in [-0.39, 0.29) is 24.1 Å². The lowest BCUT2D eigenvalue weighted by molar-refractivity contribution is -0.0887. The molecule has 0 atom stereocenters. The molecule has 2 nitrogen and oxygen atoms in total. The molecule has 0 unspecified atom stereocenters. The summed E-state index contributed by atoms with van der Waals surface area (Å²) in [5.41, 5.74) is 0.604. The van der Waals surface area contributed by atoms with Gasteiger partial charge in [0, 0.05) is 5.70 Å². The minimum atomic E-state index is -4.46. The largest absolute Gasteiger partial charge is 0.416 e. The Hall–Kier alpha value is -2.11. The second kappa shape index (κ2) is 5.94. The zero-order chi connectivity index (χ0) is 16.5. The summed E-state index contributed by atoms with van der Waals surface area (Å²) in [4.78, 5) is 12.1. The summed E-state index contributed by atoms with van der Waals surface area (Å²) in [5, 5.41) is 2.37. The fraction of sp³-hybridized carbons (Fsp3) is 0.312.